The monoisotopic (exact) mass is 377 g/mol. The highest BCUT2D eigenvalue weighted by Gasteiger charge is 2.24. The molecule has 0 aliphatic carbocycles. The quantitative estimate of drug-likeness (QED) is 0.644. The lowest BCUT2D eigenvalue weighted by atomic mass is 10.1. The van der Waals surface area contributed by atoms with Crippen molar-refractivity contribution in [1.29, 1.82) is 0 Å². The van der Waals surface area contributed by atoms with Crippen LogP contribution in [0.3, 0.4) is 0 Å². The number of imidazole rings is 1. The minimum atomic E-state index is -0.537. The van der Waals surface area contributed by atoms with Crippen LogP contribution < -0.4 is 0 Å². The molecule has 2 aromatic carbocycles. The number of aromatic nitrogens is 2. The van der Waals surface area contributed by atoms with E-state index in [9.17, 15) is 4.79 Å². The van der Waals surface area contributed by atoms with E-state index in [0.29, 0.717) is 19.0 Å². The van der Waals surface area contributed by atoms with Gasteiger partial charge in [0.2, 0.25) is 0 Å². The van der Waals surface area contributed by atoms with Gasteiger partial charge in [0.05, 0.1) is 17.6 Å². The third kappa shape index (κ3) is 4.45. The molecular weight excluding hydrogens is 350 g/mol. The summed E-state index contributed by atoms with van der Waals surface area (Å²) in [6.07, 6.45) is 5.18. The maximum atomic E-state index is 12.6. The number of rotatable bonds is 4. The maximum absolute atomic E-state index is 12.6. The lowest BCUT2D eigenvalue weighted by Gasteiger charge is -2.28. The van der Waals surface area contributed by atoms with Crippen molar-refractivity contribution >= 4 is 27.9 Å². The third-order valence-corrected chi connectivity index (χ3v) is 4.27. The van der Waals surface area contributed by atoms with Crippen LogP contribution >= 0.6 is 0 Å². The Morgan fingerprint density at radius 3 is 2.68 bits per heavy atom. The summed E-state index contributed by atoms with van der Waals surface area (Å²) in [7, 11) is 0. The first-order chi connectivity index (χ1) is 13.2. The Hall–Kier alpha value is -3.00. The largest absolute Gasteiger partial charge is 0.444 e. The molecule has 0 saturated carbocycles. The molecule has 1 N–H and O–H groups in total. The van der Waals surface area contributed by atoms with Crippen molar-refractivity contribution in [3.05, 3.63) is 41.7 Å². The number of fused-ring (bicyclic) bond motifs is 3. The Morgan fingerprint density at radius 2 is 2.04 bits per heavy atom. The van der Waals surface area contributed by atoms with E-state index in [1.165, 1.54) is 0 Å². The van der Waals surface area contributed by atoms with E-state index in [-0.39, 0.29) is 6.09 Å². The van der Waals surface area contributed by atoms with Crippen molar-refractivity contribution in [3.8, 4) is 12.3 Å². The highest BCUT2D eigenvalue weighted by molar-refractivity contribution is 6.04. The molecular formula is C23H27N3O2. The highest BCUT2D eigenvalue weighted by Crippen LogP contribution is 2.25. The molecule has 0 unspecified atom stereocenters. The van der Waals surface area contributed by atoms with Crippen LogP contribution in [-0.4, -0.2) is 33.1 Å². The molecule has 0 fully saturated rings. The van der Waals surface area contributed by atoms with Crippen LogP contribution in [0.4, 0.5) is 4.79 Å². The number of hydrogen-bond donors (Lipinski definition) is 1. The average molecular weight is 377 g/mol. The summed E-state index contributed by atoms with van der Waals surface area (Å²) in [5, 5.41) is 2.12. The summed E-state index contributed by atoms with van der Waals surface area (Å²) in [6, 6.07) is 9.91. The number of amides is 1. The van der Waals surface area contributed by atoms with E-state index in [4.69, 9.17) is 11.2 Å². The molecule has 0 spiro atoms. The van der Waals surface area contributed by atoms with Crippen molar-refractivity contribution in [3.63, 3.8) is 0 Å². The van der Waals surface area contributed by atoms with Crippen molar-refractivity contribution in [2.45, 2.75) is 46.8 Å². The molecule has 146 valence electrons. The second-order valence-electron chi connectivity index (χ2n) is 8.48. The van der Waals surface area contributed by atoms with Gasteiger partial charge in [0, 0.05) is 17.5 Å². The second-order valence-corrected chi connectivity index (χ2v) is 8.48. The van der Waals surface area contributed by atoms with Crippen molar-refractivity contribution < 1.29 is 9.53 Å². The Morgan fingerprint density at radius 1 is 1.29 bits per heavy atom. The number of terminal acetylenes is 1. The predicted molar refractivity (Wildman–Crippen MR) is 113 cm³/mol. The number of hydrogen-bond acceptors (Lipinski definition) is 3. The molecule has 0 bridgehead atoms. The maximum Gasteiger partial charge on any atom is 0.410 e. The van der Waals surface area contributed by atoms with Gasteiger partial charge in [0.25, 0.3) is 0 Å². The summed E-state index contributed by atoms with van der Waals surface area (Å²) < 4.78 is 5.57. The summed E-state index contributed by atoms with van der Waals surface area (Å²) >= 11 is 0. The lowest BCUT2D eigenvalue weighted by Crippen LogP contribution is -2.38. The first-order valence-corrected chi connectivity index (χ1v) is 9.52. The van der Waals surface area contributed by atoms with Crippen LogP contribution in [0.1, 0.15) is 46.0 Å². The molecule has 1 aromatic heterocycles. The normalized spacial score (nSPS) is 11.8. The van der Waals surface area contributed by atoms with Gasteiger partial charge in [-0.3, -0.25) is 0 Å². The van der Waals surface area contributed by atoms with Gasteiger partial charge in [-0.25, -0.2) is 9.78 Å². The fraction of sp³-hybridized carbons (Fsp3) is 0.391. The number of aromatic amines is 1. The molecule has 3 aromatic rings. The molecule has 5 heteroatoms. The molecule has 1 heterocycles. The van der Waals surface area contributed by atoms with Crippen LogP contribution in [0.5, 0.6) is 0 Å². The van der Waals surface area contributed by atoms with Crippen LogP contribution in [-0.2, 0) is 11.3 Å². The number of ether oxygens (including phenoxy) is 1. The minimum absolute atomic E-state index is 0.319. The van der Waals surface area contributed by atoms with Crippen molar-refractivity contribution in [2.75, 3.05) is 6.54 Å². The van der Waals surface area contributed by atoms with E-state index < -0.39 is 5.60 Å². The summed E-state index contributed by atoms with van der Waals surface area (Å²) in [5.74, 6) is 3.71. The molecule has 1 amide bonds. The zero-order valence-electron chi connectivity index (χ0n) is 17.2. The summed E-state index contributed by atoms with van der Waals surface area (Å²) in [6.45, 7) is 10.7. The Balaban J connectivity index is 1.93. The zero-order chi connectivity index (χ0) is 20.5. The van der Waals surface area contributed by atoms with E-state index in [1.54, 1.807) is 4.90 Å². The molecule has 0 atom stereocenters. The second kappa shape index (κ2) is 7.55. The molecule has 0 aliphatic rings. The van der Waals surface area contributed by atoms with Crippen LogP contribution in [0.2, 0.25) is 0 Å². The highest BCUT2D eigenvalue weighted by atomic mass is 16.6. The van der Waals surface area contributed by atoms with Gasteiger partial charge >= 0.3 is 6.09 Å². The number of benzene rings is 2. The van der Waals surface area contributed by atoms with E-state index in [0.717, 1.165) is 33.2 Å². The number of nitrogens with zero attached hydrogens (tertiary/aromatic N) is 2. The predicted octanol–water partition coefficient (Wildman–Crippen LogP) is 5.09. The number of nitrogens with one attached hydrogen (secondary N) is 1. The SMILES string of the molecule is C#Cc1ccc2c(ccc3nc(CN(CC(C)C)C(=O)OC(C)(C)C)[nH]c32)c1. The Bertz CT molecular complexity index is 1050. The molecule has 0 radical (unpaired) electrons. The first kappa shape index (κ1) is 19.8. The Kier molecular flexibility index (Phi) is 5.33. The van der Waals surface area contributed by atoms with Crippen molar-refractivity contribution in [1.82, 2.24) is 14.9 Å². The summed E-state index contributed by atoms with van der Waals surface area (Å²) in [4.78, 5) is 22.4. The van der Waals surface area contributed by atoms with Gasteiger partial charge in [0.1, 0.15) is 11.4 Å². The molecule has 5 nitrogen and oxygen atoms in total. The van der Waals surface area contributed by atoms with Crippen LogP contribution in [0.15, 0.2) is 30.3 Å². The first-order valence-electron chi connectivity index (χ1n) is 9.52. The third-order valence-electron chi connectivity index (χ3n) is 4.27. The molecule has 0 saturated heterocycles. The smallest absolute Gasteiger partial charge is 0.410 e. The topological polar surface area (TPSA) is 58.2 Å². The van der Waals surface area contributed by atoms with Crippen LogP contribution in [0, 0.1) is 18.3 Å². The Labute approximate surface area is 166 Å². The summed E-state index contributed by atoms with van der Waals surface area (Å²) in [5.41, 5.74) is 2.12. The molecule has 3 rings (SSSR count). The van der Waals surface area contributed by atoms with E-state index in [2.05, 4.69) is 29.7 Å². The molecule has 28 heavy (non-hydrogen) atoms. The number of carbonyl (C=O) groups is 1. The standard InChI is InChI=1S/C23H27N3O2/c1-7-16-8-10-18-17(12-16)9-11-19-21(18)25-20(24-19)14-26(13-15(2)3)22(27)28-23(4,5)6/h1,8-12,15H,13-14H2,2-6H3,(H,24,25). The van der Waals surface area contributed by atoms with Crippen LogP contribution in [0.25, 0.3) is 21.8 Å². The van der Waals surface area contributed by atoms with Gasteiger partial charge in [-0.05, 0) is 50.3 Å². The number of carbonyl (C=O) groups excluding carboxylic acids is 1. The fourth-order valence-electron chi connectivity index (χ4n) is 3.18. The fourth-order valence-corrected chi connectivity index (χ4v) is 3.18. The van der Waals surface area contributed by atoms with E-state index >= 15 is 0 Å². The molecule has 0 aliphatic heterocycles. The van der Waals surface area contributed by atoms with Gasteiger partial charge in [-0.1, -0.05) is 31.9 Å². The minimum Gasteiger partial charge on any atom is -0.444 e. The lowest BCUT2D eigenvalue weighted by molar-refractivity contribution is 0.0206. The average Bonchev–Trinajstić information content (AvgIpc) is 3.01. The number of H-pyrrole nitrogens is 1. The van der Waals surface area contributed by atoms with Gasteiger partial charge in [-0.15, -0.1) is 6.42 Å². The van der Waals surface area contributed by atoms with Crippen molar-refractivity contribution in [2.24, 2.45) is 5.92 Å². The van der Waals surface area contributed by atoms with E-state index in [1.807, 2.05) is 51.1 Å². The van der Waals surface area contributed by atoms with Gasteiger partial charge in [-0.2, -0.15) is 0 Å². The zero-order valence-corrected chi connectivity index (χ0v) is 17.2. The van der Waals surface area contributed by atoms with Gasteiger partial charge < -0.3 is 14.6 Å². The van der Waals surface area contributed by atoms with Gasteiger partial charge in [0.15, 0.2) is 0 Å².